The van der Waals surface area contributed by atoms with Crippen molar-refractivity contribution in [3.05, 3.63) is 35.4 Å². The normalized spacial score (nSPS) is 28.2. The molecule has 0 radical (unpaired) electrons. The first-order valence-corrected chi connectivity index (χ1v) is 9.04. The number of fused-ring (bicyclic) bond motifs is 1. The fourth-order valence-corrected chi connectivity index (χ4v) is 4.19. The summed E-state index contributed by atoms with van der Waals surface area (Å²) >= 11 is 0. The molecule has 1 saturated carbocycles. The minimum atomic E-state index is -4.43. The summed E-state index contributed by atoms with van der Waals surface area (Å²) in [6.45, 7) is 0.539. The summed E-state index contributed by atoms with van der Waals surface area (Å²) in [6.07, 6.45) is -1.73. The fourth-order valence-electron chi connectivity index (χ4n) is 4.19. The van der Waals surface area contributed by atoms with Crippen molar-refractivity contribution in [2.45, 2.75) is 43.9 Å². The van der Waals surface area contributed by atoms with Crippen LogP contribution in [0.5, 0.6) is 0 Å². The third-order valence-electron chi connectivity index (χ3n) is 5.49. The molecule has 1 aliphatic carbocycles. The molecule has 27 heavy (non-hydrogen) atoms. The molecule has 2 fully saturated rings. The first-order chi connectivity index (χ1) is 12.8. The van der Waals surface area contributed by atoms with E-state index >= 15 is 0 Å². The van der Waals surface area contributed by atoms with E-state index in [2.05, 4.69) is 10.6 Å². The van der Waals surface area contributed by atoms with Crippen molar-refractivity contribution in [3.8, 4) is 0 Å². The van der Waals surface area contributed by atoms with Crippen molar-refractivity contribution in [1.82, 2.24) is 10.6 Å². The SMILES string of the molecule is COCC1CC(=O)NC2CC(NC(=O)c3ccc(C(F)(F)F)cc3)CCC12. The van der Waals surface area contributed by atoms with Gasteiger partial charge in [0.1, 0.15) is 0 Å². The molecule has 1 aromatic carbocycles. The number of rotatable bonds is 4. The number of carbonyl (C=O) groups is 2. The second-order valence-corrected chi connectivity index (χ2v) is 7.32. The van der Waals surface area contributed by atoms with Crippen LogP contribution in [0, 0.1) is 11.8 Å². The zero-order valence-electron chi connectivity index (χ0n) is 15.0. The Morgan fingerprint density at radius 1 is 1.26 bits per heavy atom. The zero-order chi connectivity index (χ0) is 19.6. The number of alkyl halides is 3. The number of halogens is 3. The number of amides is 2. The third kappa shape index (κ3) is 4.61. The number of hydrogen-bond donors (Lipinski definition) is 2. The minimum absolute atomic E-state index is 0.00647. The topological polar surface area (TPSA) is 67.4 Å². The van der Waals surface area contributed by atoms with Gasteiger partial charge in [0.05, 0.1) is 5.56 Å². The molecular weight excluding hydrogens is 361 g/mol. The lowest BCUT2D eigenvalue weighted by molar-refractivity contribution is -0.137. The number of ether oxygens (including phenoxy) is 1. The standard InChI is InChI=1S/C19H23F3N2O3/c1-27-10-12-8-17(25)24-16-9-14(6-7-15(12)16)23-18(26)11-2-4-13(5-3-11)19(20,21)22/h2-5,12,14-16H,6-10H2,1H3,(H,23,26)(H,24,25). The summed E-state index contributed by atoms with van der Waals surface area (Å²) in [4.78, 5) is 24.3. The minimum Gasteiger partial charge on any atom is -0.384 e. The van der Waals surface area contributed by atoms with Gasteiger partial charge in [-0.05, 0) is 55.4 Å². The van der Waals surface area contributed by atoms with Gasteiger partial charge in [0, 0.05) is 37.8 Å². The van der Waals surface area contributed by atoms with Crippen molar-refractivity contribution < 1.29 is 27.5 Å². The van der Waals surface area contributed by atoms with Crippen LogP contribution in [-0.2, 0) is 15.7 Å². The molecule has 3 rings (SSSR count). The Morgan fingerprint density at radius 3 is 2.59 bits per heavy atom. The average Bonchev–Trinajstić information content (AvgIpc) is 2.61. The zero-order valence-corrected chi connectivity index (χ0v) is 15.0. The van der Waals surface area contributed by atoms with Gasteiger partial charge in [-0.1, -0.05) is 0 Å². The molecule has 2 aliphatic rings. The quantitative estimate of drug-likeness (QED) is 0.839. The van der Waals surface area contributed by atoms with Gasteiger partial charge in [-0.25, -0.2) is 0 Å². The van der Waals surface area contributed by atoms with Gasteiger partial charge in [-0.15, -0.1) is 0 Å². The highest BCUT2D eigenvalue weighted by Gasteiger charge is 2.41. The van der Waals surface area contributed by atoms with Crippen LogP contribution in [0.25, 0.3) is 0 Å². The number of hydrogen-bond acceptors (Lipinski definition) is 3. The van der Waals surface area contributed by atoms with Crippen molar-refractivity contribution in [2.24, 2.45) is 11.8 Å². The molecule has 1 heterocycles. The van der Waals surface area contributed by atoms with E-state index in [1.165, 1.54) is 12.1 Å². The van der Waals surface area contributed by atoms with Crippen molar-refractivity contribution in [2.75, 3.05) is 13.7 Å². The maximum absolute atomic E-state index is 12.6. The van der Waals surface area contributed by atoms with Crippen LogP contribution >= 0.6 is 0 Å². The lowest BCUT2D eigenvalue weighted by Crippen LogP contribution is -2.56. The number of carbonyl (C=O) groups excluding carboxylic acids is 2. The second-order valence-electron chi connectivity index (χ2n) is 7.32. The summed E-state index contributed by atoms with van der Waals surface area (Å²) in [5.41, 5.74) is -0.594. The van der Waals surface area contributed by atoms with E-state index in [-0.39, 0.29) is 29.5 Å². The number of methoxy groups -OCH3 is 1. The molecule has 148 valence electrons. The van der Waals surface area contributed by atoms with Crippen LogP contribution in [0.4, 0.5) is 13.2 Å². The monoisotopic (exact) mass is 384 g/mol. The summed E-state index contributed by atoms with van der Waals surface area (Å²) in [5.74, 6) is 0.0953. The Morgan fingerprint density at radius 2 is 1.96 bits per heavy atom. The summed E-state index contributed by atoms with van der Waals surface area (Å²) < 4.78 is 43.1. The van der Waals surface area contributed by atoms with E-state index in [1.807, 2.05) is 0 Å². The van der Waals surface area contributed by atoms with E-state index in [9.17, 15) is 22.8 Å². The maximum atomic E-state index is 12.6. The molecule has 0 aromatic heterocycles. The summed E-state index contributed by atoms with van der Waals surface area (Å²) in [7, 11) is 1.62. The predicted octanol–water partition coefficient (Wildman–Crippen LogP) is 2.76. The molecule has 0 bridgehead atoms. The molecule has 8 heteroatoms. The van der Waals surface area contributed by atoms with Gasteiger partial charge in [0.25, 0.3) is 5.91 Å². The van der Waals surface area contributed by atoms with E-state index in [0.29, 0.717) is 25.4 Å². The molecule has 4 unspecified atom stereocenters. The van der Waals surface area contributed by atoms with Crippen LogP contribution in [0.3, 0.4) is 0 Å². The molecule has 4 atom stereocenters. The summed E-state index contributed by atoms with van der Waals surface area (Å²) in [5, 5.41) is 5.89. The largest absolute Gasteiger partial charge is 0.416 e. The Bertz CT molecular complexity index is 690. The van der Waals surface area contributed by atoms with Gasteiger partial charge in [-0.3, -0.25) is 9.59 Å². The van der Waals surface area contributed by atoms with Crippen LogP contribution in [-0.4, -0.2) is 37.6 Å². The predicted molar refractivity (Wildman–Crippen MR) is 92.0 cm³/mol. The number of piperidine rings is 1. The van der Waals surface area contributed by atoms with E-state index < -0.39 is 17.6 Å². The first-order valence-electron chi connectivity index (χ1n) is 9.04. The van der Waals surface area contributed by atoms with Gasteiger partial charge in [0.15, 0.2) is 0 Å². The van der Waals surface area contributed by atoms with Crippen LogP contribution < -0.4 is 10.6 Å². The Labute approximate surface area is 155 Å². The van der Waals surface area contributed by atoms with Gasteiger partial charge < -0.3 is 15.4 Å². The van der Waals surface area contributed by atoms with E-state index in [0.717, 1.165) is 25.0 Å². The lowest BCUT2D eigenvalue weighted by Gasteiger charge is -2.43. The number of benzene rings is 1. The second kappa shape index (κ2) is 7.88. The highest BCUT2D eigenvalue weighted by molar-refractivity contribution is 5.94. The Kier molecular flexibility index (Phi) is 5.74. The maximum Gasteiger partial charge on any atom is 0.416 e. The number of nitrogens with one attached hydrogen (secondary N) is 2. The van der Waals surface area contributed by atoms with E-state index in [1.54, 1.807) is 7.11 Å². The molecular formula is C19H23F3N2O3. The molecule has 2 N–H and O–H groups in total. The lowest BCUT2D eigenvalue weighted by atomic mass is 9.71. The smallest absolute Gasteiger partial charge is 0.384 e. The van der Waals surface area contributed by atoms with Crippen LogP contribution in [0.1, 0.15) is 41.6 Å². The van der Waals surface area contributed by atoms with Crippen molar-refractivity contribution in [1.29, 1.82) is 0 Å². The van der Waals surface area contributed by atoms with Gasteiger partial charge in [0.2, 0.25) is 5.91 Å². The van der Waals surface area contributed by atoms with Gasteiger partial charge in [-0.2, -0.15) is 13.2 Å². The average molecular weight is 384 g/mol. The Balaban J connectivity index is 1.60. The molecule has 1 saturated heterocycles. The van der Waals surface area contributed by atoms with Crippen molar-refractivity contribution >= 4 is 11.8 Å². The molecule has 5 nitrogen and oxygen atoms in total. The molecule has 1 aromatic rings. The highest BCUT2D eigenvalue weighted by atomic mass is 19.4. The van der Waals surface area contributed by atoms with Crippen LogP contribution in [0.2, 0.25) is 0 Å². The summed E-state index contributed by atoms with van der Waals surface area (Å²) in [6, 6.07) is 4.03. The molecule has 1 aliphatic heterocycles. The van der Waals surface area contributed by atoms with E-state index in [4.69, 9.17) is 4.74 Å². The molecule has 0 spiro atoms. The molecule has 2 amide bonds. The first kappa shape index (κ1) is 19.7. The Hall–Kier alpha value is -2.09. The van der Waals surface area contributed by atoms with Gasteiger partial charge >= 0.3 is 6.18 Å². The highest BCUT2D eigenvalue weighted by Crippen LogP contribution is 2.35. The van der Waals surface area contributed by atoms with Crippen LogP contribution in [0.15, 0.2) is 24.3 Å². The fraction of sp³-hybridized carbons (Fsp3) is 0.579. The third-order valence-corrected chi connectivity index (χ3v) is 5.49. The van der Waals surface area contributed by atoms with Crippen molar-refractivity contribution in [3.63, 3.8) is 0 Å².